The molecule has 0 bridgehead atoms. The lowest BCUT2D eigenvalue weighted by Gasteiger charge is -2.18. The first kappa shape index (κ1) is 10.1. The highest BCUT2D eigenvalue weighted by Crippen LogP contribution is 2.20. The van der Waals surface area contributed by atoms with E-state index in [1.165, 1.54) is 0 Å². The number of amides is 1. The lowest BCUT2D eigenvalue weighted by atomic mass is 10.3. The average molecular weight is 220 g/mol. The second kappa shape index (κ2) is 3.98. The summed E-state index contributed by atoms with van der Waals surface area (Å²) in [5.74, 6) is 0.0491. The summed E-state index contributed by atoms with van der Waals surface area (Å²) in [6.07, 6.45) is 0. The maximum absolute atomic E-state index is 11.8. The van der Waals surface area contributed by atoms with Crippen LogP contribution in [0.5, 0.6) is 0 Å². The van der Waals surface area contributed by atoms with E-state index >= 15 is 0 Å². The minimum Gasteiger partial charge on any atom is -0.339 e. The molecular weight excluding hydrogens is 208 g/mol. The molecule has 0 aromatic heterocycles. The first-order chi connectivity index (χ1) is 7.24. The van der Waals surface area contributed by atoms with Crippen molar-refractivity contribution in [2.45, 2.75) is 6.92 Å². The molecule has 1 aromatic carbocycles. The highest BCUT2D eigenvalue weighted by molar-refractivity contribution is 7.80. The molecule has 1 saturated heterocycles. The van der Waals surface area contributed by atoms with E-state index in [4.69, 9.17) is 12.2 Å². The molecule has 0 spiro atoms. The first-order valence-corrected chi connectivity index (χ1v) is 5.31. The zero-order valence-electron chi connectivity index (χ0n) is 8.51. The number of para-hydroxylation sites is 1. The fraction of sp³-hybridized carbons (Fsp3) is 0.273. The number of anilines is 1. The van der Waals surface area contributed by atoms with Gasteiger partial charge in [0.15, 0.2) is 5.11 Å². The molecular formula is C11H12N2OS. The van der Waals surface area contributed by atoms with Gasteiger partial charge in [-0.25, -0.2) is 0 Å². The van der Waals surface area contributed by atoms with E-state index in [9.17, 15) is 4.79 Å². The van der Waals surface area contributed by atoms with Crippen molar-refractivity contribution in [1.29, 1.82) is 0 Å². The molecule has 1 aliphatic heterocycles. The van der Waals surface area contributed by atoms with Gasteiger partial charge in [-0.05, 0) is 31.3 Å². The molecule has 78 valence electrons. The molecule has 4 heteroatoms. The van der Waals surface area contributed by atoms with Crippen molar-refractivity contribution >= 4 is 28.9 Å². The van der Waals surface area contributed by atoms with Gasteiger partial charge in [0.2, 0.25) is 0 Å². The number of hydrogen-bond donors (Lipinski definition) is 0. The van der Waals surface area contributed by atoms with Gasteiger partial charge in [-0.1, -0.05) is 18.2 Å². The van der Waals surface area contributed by atoms with E-state index in [-0.39, 0.29) is 5.91 Å². The molecule has 0 N–H and O–H groups in total. The van der Waals surface area contributed by atoms with Crippen molar-refractivity contribution in [3.63, 3.8) is 0 Å². The molecule has 0 unspecified atom stereocenters. The van der Waals surface area contributed by atoms with Gasteiger partial charge in [0.25, 0.3) is 5.91 Å². The average Bonchev–Trinajstić information content (AvgIpc) is 2.55. The lowest BCUT2D eigenvalue weighted by Crippen LogP contribution is -2.32. The smallest absolute Gasteiger partial charge is 0.252 e. The van der Waals surface area contributed by atoms with Gasteiger partial charge in [-0.2, -0.15) is 0 Å². The fourth-order valence-corrected chi connectivity index (χ4v) is 2.03. The third kappa shape index (κ3) is 1.72. The molecule has 0 aliphatic carbocycles. The minimum absolute atomic E-state index is 0.0491. The van der Waals surface area contributed by atoms with Crippen LogP contribution in [0.15, 0.2) is 30.3 Å². The molecule has 1 fully saturated rings. The molecule has 1 amide bonds. The number of rotatable bonds is 2. The second-order valence-electron chi connectivity index (χ2n) is 3.36. The Kier molecular flexibility index (Phi) is 2.68. The van der Waals surface area contributed by atoms with Crippen LogP contribution in [0.2, 0.25) is 0 Å². The zero-order valence-corrected chi connectivity index (χ0v) is 9.33. The highest BCUT2D eigenvalue weighted by atomic mass is 32.1. The molecule has 1 heterocycles. The summed E-state index contributed by atoms with van der Waals surface area (Å²) in [6, 6.07) is 9.51. The molecule has 0 radical (unpaired) electrons. The van der Waals surface area contributed by atoms with E-state index in [0.717, 1.165) is 12.2 Å². The van der Waals surface area contributed by atoms with E-state index < -0.39 is 0 Å². The fourth-order valence-electron chi connectivity index (χ4n) is 1.63. The predicted octanol–water partition coefficient (Wildman–Crippen LogP) is 1.64. The van der Waals surface area contributed by atoms with Gasteiger partial charge in [-0.15, -0.1) is 0 Å². The van der Waals surface area contributed by atoms with Crippen LogP contribution in [0, 0.1) is 0 Å². The standard InChI is InChI=1S/C11H12N2OS/c1-2-12-8-10(14)13(11(12)15)9-6-4-3-5-7-9/h3-7H,2,8H2,1H3. The quantitative estimate of drug-likeness (QED) is 0.708. The van der Waals surface area contributed by atoms with Gasteiger partial charge in [0, 0.05) is 6.54 Å². The van der Waals surface area contributed by atoms with Crippen molar-refractivity contribution in [3.8, 4) is 0 Å². The maximum Gasteiger partial charge on any atom is 0.252 e. The Morgan fingerprint density at radius 2 is 2.00 bits per heavy atom. The summed E-state index contributed by atoms with van der Waals surface area (Å²) in [7, 11) is 0. The molecule has 0 atom stereocenters. The minimum atomic E-state index is 0.0491. The van der Waals surface area contributed by atoms with E-state index in [1.807, 2.05) is 42.2 Å². The molecule has 1 aromatic rings. The number of benzene rings is 1. The topological polar surface area (TPSA) is 23.6 Å². The molecule has 2 rings (SSSR count). The number of nitrogens with zero attached hydrogens (tertiary/aromatic N) is 2. The zero-order chi connectivity index (χ0) is 10.8. The van der Waals surface area contributed by atoms with Gasteiger partial charge >= 0.3 is 0 Å². The van der Waals surface area contributed by atoms with Gasteiger partial charge in [-0.3, -0.25) is 9.69 Å². The van der Waals surface area contributed by atoms with Crippen molar-refractivity contribution in [2.24, 2.45) is 0 Å². The number of carbonyl (C=O) groups is 1. The summed E-state index contributed by atoms with van der Waals surface area (Å²) < 4.78 is 0. The van der Waals surface area contributed by atoms with Crippen molar-refractivity contribution in [2.75, 3.05) is 18.0 Å². The molecule has 3 nitrogen and oxygen atoms in total. The van der Waals surface area contributed by atoms with Gasteiger partial charge in [0.05, 0.1) is 12.2 Å². The largest absolute Gasteiger partial charge is 0.339 e. The summed E-state index contributed by atoms with van der Waals surface area (Å²) in [5, 5.41) is 0.605. The van der Waals surface area contributed by atoms with Crippen molar-refractivity contribution in [1.82, 2.24) is 4.90 Å². The summed E-state index contributed by atoms with van der Waals surface area (Å²) in [6.45, 7) is 3.16. The van der Waals surface area contributed by atoms with Crippen LogP contribution in [0.3, 0.4) is 0 Å². The Labute approximate surface area is 94.3 Å². The lowest BCUT2D eigenvalue weighted by molar-refractivity contribution is -0.116. The summed E-state index contributed by atoms with van der Waals surface area (Å²) in [5.41, 5.74) is 0.850. The second-order valence-corrected chi connectivity index (χ2v) is 3.73. The Morgan fingerprint density at radius 1 is 1.33 bits per heavy atom. The molecule has 0 saturated carbocycles. The molecule has 15 heavy (non-hydrogen) atoms. The Hall–Kier alpha value is -1.42. The SMILES string of the molecule is CCN1CC(=O)N(c2ccccc2)C1=S. The monoisotopic (exact) mass is 220 g/mol. The molecule has 1 aliphatic rings. The Bertz CT molecular complexity index is 391. The van der Waals surface area contributed by atoms with Crippen molar-refractivity contribution < 1.29 is 4.79 Å². The normalized spacial score (nSPS) is 16.3. The third-order valence-electron chi connectivity index (χ3n) is 2.43. The van der Waals surface area contributed by atoms with Crippen molar-refractivity contribution in [3.05, 3.63) is 30.3 Å². The predicted molar refractivity (Wildman–Crippen MR) is 63.8 cm³/mol. The van der Waals surface area contributed by atoms with Crippen LogP contribution < -0.4 is 4.90 Å². The third-order valence-corrected chi connectivity index (χ3v) is 2.87. The van der Waals surface area contributed by atoms with Crippen LogP contribution in [0.25, 0.3) is 0 Å². The number of hydrogen-bond acceptors (Lipinski definition) is 2. The van der Waals surface area contributed by atoms with E-state index in [0.29, 0.717) is 11.7 Å². The van der Waals surface area contributed by atoms with E-state index in [1.54, 1.807) is 4.90 Å². The van der Waals surface area contributed by atoms with Gasteiger partial charge < -0.3 is 4.90 Å². The van der Waals surface area contributed by atoms with Crippen LogP contribution in [-0.4, -0.2) is 29.0 Å². The number of carbonyl (C=O) groups excluding carboxylic acids is 1. The van der Waals surface area contributed by atoms with Gasteiger partial charge in [0.1, 0.15) is 0 Å². The first-order valence-electron chi connectivity index (χ1n) is 4.91. The highest BCUT2D eigenvalue weighted by Gasteiger charge is 2.32. The van der Waals surface area contributed by atoms with E-state index in [2.05, 4.69) is 0 Å². The van der Waals surface area contributed by atoms with Crippen LogP contribution in [0.4, 0.5) is 5.69 Å². The summed E-state index contributed by atoms with van der Waals surface area (Å²) in [4.78, 5) is 15.2. The van der Waals surface area contributed by atoms with Crippen LogP contribution in [-0.2, 0) is 4.79 Å². The van der Waals surface area contributed by atoms with Crippen LogP contribution >= 0.6 is 12.2 Å². The maximum atomic E-state index is 11.8. The Balaban J connectivity index is 2.31. The number of likely N-dealkylation sites (N-methyl/N-ethyl adjacent to an activating group) is 1. The van der Waals surface area contributed by atoms with Crippen LogP contribution in [0.1, 0.15) is 6.92 Å². The number of thiocarbonyl (C=S) groups is 1. The Morgan fingerprint density at radius 3 is 2.53 bits per heavy atom. The summed E-state index contributed by atoms with van der Waals surface area (Å²) >= 11 is 5.25.